The molecule has 1 heterocycles. The first-order chi connectivity index (χ1) is 7.25. The van der Waals surface area contributed by atoms with Crippen molar-refractivity contribution in [3.8, 4) is 0 Å². The van der Waals surface area contributed by atoms with E-state index in [2.05, 4.69) is 36.2 Å². The monoisotopic (exact) mass is 198 g/mol. The van der Waals surface area contributed by atoms with Gasteiger partial charge in [0.2, 0.25) is 0 Å². The SMILES string of the molecule is Cc1cccc(Cc2cccnc2N)c1. The lowest BCUT2D eigenvalue weighted by Crippen LogP contribution is -1.98. The van der Waals surface area contributed by atoms with E-state index in [1.807, 2.05) is 12.1 Å². The van der Waals surface area contributed by atoms with Gasteiger partial charge in [-0.05, 0) is 24.1 Å². The maximum absolute atomic E-state index is 5.80. The van der Waals surface area contributed by atoms with Crippen molar-refractivity contribution in [2.45, 2.75) is 13.3 Å². The predicted octanol–water partition coefficient (Wildman–Crippen LogP) is 2.56. The molecule has 0 saturated heterocycles. The van der Waals surface area contributed by atoms with Crippen molar-refractivity contribution < 1.29 is 0 Å². The molecule has 2 heteroatoms. The highest BCUT2D eigenvalue weighted by Gasteiger charge is 2.00. The number of nitrogen functional groups attached to an aromatic ring is 1. The highest BCUT2D eigenvalue weighted by atomic mass is 14.8. The molecule has 15 heavy (non-hydrogen) atoms. The Morgan fingerprint density at radius 2 is 2.07 bits per heavy atom. The number of nitrogens with two attached hydrogens (primary N) is 1. The molecule has 2 rings (SSSR count). The van der Waals surface area contributed by atoms with Gasteiger partial charge < -0.3 is 5.73 Å². The van der Waals surface area contributed by atoms with Gasteiger partial charge in [-0.15, -0.1) is 0 Å². The third kappa shape index (κ3) is 2.34. The normalized spacial score (nSPS) is 10.2. The fourth-order valence-electron chi connectivity index (χ4n) is 1.64. The zero-order valence-electron chi connectivity index (χ0n) is 8.77. The second kappa shape index (κ2) is 4.13. The Balaban J connectivity index is 2.26. The van der Waals surface area contributed by atoms with Crippen LogP contribution < -0.4 is 5.73 Å². The molecule has 0 atom stereocenters. The molecule has 0 amide bonds. The number of benzene rings is 1. The molecule has 1 aromatic heterocycles. The minimum absolute atomic E-state index is 0.624. The van der Waals surface area contributed by atoms with Crippen molar-refractivity contribution in [1.82, 2.24) is 4.98 Å². The molecule has 0 spiro atoms. The molecule has 76 valence electrons. The number of rotatable bonds is 2. The van der Waals surface area contributed by atoms with Gasteiger partial charge in [0, 0.05) is 12.6 Å². The quantitative estimate of drug-likeness (QED) is 0.805. The zero-order valence-corrected chi connectivity index (χ0v) is 8.77. The molecule has 0 aliphatic carbocycles. The van der Waals surface area contributed by atoms with E-state index >= 15 is 0 Å². The molecule has 0 aliphatic heterocycles. The molecule has 2 nitrogen and oxygen atoms in total. The lowest BCUT2D eigenvalue weighted by molar-refractivity contribution is 1.15. The maximum Gasteiger partial charge on any atom is 0.126 e. The Morgan fingerprint density at radius 1 is 1.20 bits per heavy atom. The van der Waals surface area contributed by atoms with E-state index in [-0.39, 0.29) is 0 Å². The largest absolute Gasteiger partial charge is 0.383 e. The van der Waals surface area contributed by atoms with Gasteiger partial charge in [0.05, 0.1) is 0 Å². The van der Waals surface area contributed by atoms with Gasteiger partial charge in [0.1, 0.15) is 5.82 Å². The minimum Gasteiger partial charge on any atom is -0.383 e. The number of nitrogens with zero attached hydrogens (tertiary/aromatic N) is 1. The van der Waals surface area contributed by atoms with Gasteiger partial charge in [0.25, 0.3) is 0 Å². The van der Waals surface area contributed by atoms with Crippen LogP contribution in [0.2, 0.25) is 0 Å². The molecule has 0 unspecified atom stereocenters. The predicted molar refractivity (Wildman–Crippen MR) is 62.6 cm³/mol. The van der Waals surface area contributed by atoms with Gasteiger partial charge in [-0.2, -0.15) is 0 Å². The van der Waals surface area contributed by atoms with Gasteiger partial charge in [-0.25, -0.2) is 4.98 Å². The third-order valence-corrected chi connectivity index (χ3v) is 2.40. The van der Waals surface area contributed by atoms with E-state index in [0.717, 1.165) is 12.0 Å². The average Bonchev–Trinajstić information content (AvgIpc) is 2.22. The molecular formula is C13H14N2. The third-order valence-electron chi connectivity index (χ3n) is 2.40. The topological polar surface area (TPSA) is 38.9 Å². The minimum atomic E-state index is 0.624. The molecule has 0 radical (unpaired) electrons. The fraction of sp³-hybridized carbons (Fsp3) is 0.154. The van der Waals surface area contributed by atoms with Crippen LogP contribution in [0.3, 0.4) is 0 Å². The second-order valence-corrected chi connectivity index (χ2v) is 3.71. The summed E-state index contributed by atoms with van der Waals surface area (Å²) in [6.45, 7) is 2.09. The van der Waals surface area contributed by atoms with Gasteiger partial charge in [-0.3, -0.25) is 0 Å². The molecular weight excluding hydrogens is 184 g/mol. The number of aryl methyl sites for hydroxylation is 1. The van der Waals surface area contributed by atoms with Crippen LogP contribution in [-0.4, -0.2) is 4.98 Å². The van der Waals surface area contributed by atoms with Gasteiger partial charge >= 0.3 is 0 Å². The molecule has 2 aromatic rings. The zero-order chi connectivity index (χ0) is 10.7. The lowest BCUT2D eigenvalue weighted by Gasteiger charge is -2.05. The van der Waals surface area contributed by atoms with E-state index in [1.54, 1.807) is 6.20 Å². The number of pyridine rings is 1. The van der Waals surface area contributed by atoms with Crippen molar-refractivity contribution in [3.05, 3.63) is 59.3 Å². The number of hydrogen-bond donors (Lipinski definition) is 1. The highest BCUT2D eigenvalue weighted by Crippen LogP contribution is 2.14. The average molecular weight is 198 g/mol. The van der Waals surface area contributed by atoms with Crippen LogP contribution in [0.25, 0.3) is 0 Å². The molecule has 0 aliphatic rings. The summed E-state index contributed by atoms with van der Waals surface area (Å²) in [5, 5.41) is 0. The van der Waals surface area contributed by atoms with Crippen LogP contribution >= 0.6 is 0 Å². The number of hydrogen-bond acceptors (Lipinski definition) is 2. The van der Waals surface area contributed by atoms with Crippen LogP contribution in [0.4, 0.5) is 5.82 Å². The molecule has 1 aromatic carbocycles. The fourth-order valence-corrected chi connectivity index (χ4v) is 1.64. The lowest BCUT2D eigenvalue weighted by atomic mass is 10.0. The molecule has 0 bridgehead atoms. The van der Waals surface area contributed by atoms with Gasteiger partial charge in [-0.1, -0.05) is 35.9 Å². The first-order valence-corrected chi connectivity index (χ1v) is 5.00. The Labute approximate surface area is 89.8 Å². The van der Waals surface area contributed by atoms with Crippen LogP contribution in [0.1, 0.15) is 16.7 Å². The van der Waals surface area contributed by atoms with Crippen LogP contribution in [0.5, 0.6) is 0 Å². The summed E-state index contributed by atoms with van der Waals surface area (Å²) in [6, 6.07) is 12.4. The van der Waals surface area contributed by atoms with Crippen LogP contribution in [0, 0.1) is 6.92 Å². The van der Waals surface area contributed by atoms with Crippen LogP contribution in [-0.2, 0) is 6.42 Å². The summed E-state index contributed by atoms with van der Waals surface area (Å²) in [5.74, 6) is 0.624. The summed E-state index contributed by atoms with van der Waals surface area (Å²) in [6.07, 6.45) is 2.57. The van der Waals surface area contributed by atoms with E-state index in [9.17, 15) is 0 Å². The Bertz CT molecular complexity index is 464. The van der Waals surface area contributed by atoms with E-state index in [1.165, 1.54) is 11.1 Å². The summed E-state index contributed by atoms with van der Waals surface area (Å²) >= 11 is 0. The van der Waals surface area contributed by atoms with Gasteiger partial charge in [0.15, 0.2) is 0 Å². The Hall–Kier alpha value is -1.83. The Morgan fingerprint density at radius 3 is 2.80 bits per heavy atom. The van der Waals surface area contributed by atoms with E-state index < -0.39 is 0 Å². The van der Waals surface area contributed by atoms with Crippen LogP contribution in [0.15, 0.2) is 42.6 Å². The molecule has 0 fully saturated rings. The van der Waals surface area contributed by atoms with E-state index in [4.69, 9.17) is 5.73 Å². The number of aromatic nitrogens is 1. The van der Waals surface area contributed by atoms with Crippen molar-refractivity contribution in [3.63, 3.8) is 0 Å². The standard InChI is InChI=1S/C13H14N2/c1-10-4-2-5-11(8-10)9-12-6-3-7-15-13(12)14/h2-8H,9H2,1H3,(H2,14,15). The first kappa shape index (κ1) is 9.71. The highest BCUT2D eigenvalue weighted by molar-refractivity contribution is 5.42. The summed E-state index contributed by atoms with van der Waals surface area (Å²) in [7, 11) is 0. The van der Waals surface area contributed by atoms with Crippen molar-refractivity contribution in [2.75, 3.05) is 5.73 Å². The first-order valence-electron chi connectivity index (χ1n) is 5.00. The summed E-state index contributed by atoms with van der Waals surface area (Å²) in [5.41, 5.74) is 9.43. The maximum atomic E-state index is 5.80. The molecule has 0 saturated carbocycles. The van der Waals surface area contributed by atoms with Crippen molar-refractivity contribution in [2.24, 2.45) is 0 Å². The Kier molecular flexibility index (Phi) is 2.68. The summed E-state index contributed by atoms with van der Waals surface area (Å²) in [4.78, 5) is 4.08. The second-order valence-electron chi connectivity index (χ2n) is 3.71. The van der Waals surface area contributed by atoms with Crippen molar-refractivity contribution >= 4 is 5.82 Å². The number of anilines is 1. The smallest absolute Gasteiger partial charge is 0.126 e. The van der Waals surface area contributed by atoms with E-state index in [0.29, 0.717) is 5.82 Å². The summed E-state index contributed by atoms with van der Waals surface area (Å²) < 4.78 is 0. The van der Waals surface area contributed by atoms with Crippen molar-refractivity contribution in [1.29, 1.82) is 0 Å². The molecule has 2 N–H and O–H groups in total.